The van der Waals surface area contributed by atoms with Gasteiger partial charge < -0.3 is 15.4 Å². The molecule has 1 aromatic heterocycles. The SMILES string of the molecule is CN=C(NCCCOc1ccc(F)cc1)NCCc1ccccn1.I. The van der Waals surface area contributed by atoms with E-state index in [1.807, 2.05) is 18.2 Å². The Bertz CT molecular complexity index is 623. The molecule has 0 radical (unpaired) electrons. The van der Waals surface area contributed by atoms with Crippen LogP contribution in [0.1, 0.15) is 12.1 Å². The lowest BCUT2D eigenvalue weighted by molar-refractivity contribution is 0.310. The first-order valence-corrected chi connectivity index (χ1v) is 8.01. The third kappa shape index (κ3) is 8.67. The minimum absolute atomic E-state index is 0. The van der Waals surface area contributed by atoms with E-state index < -0.39 is 0 Å². The molecule has 0 unspecified atom stereocenters. The Morgan fingerprint density at radius 1 is 1.12 bits per heavy atom. The smallest absolute Gasteiger partial charge is 0.190 e. The van der Waals surface area contributed by atoms with Crippen LogP contribution in [0.2, 0.25) is 0 Å². The lowest BCUT2D eigenvalue weighted by Gasteiger charge is -2.12. The predicted molar refractivity (Wildman–Crippen MR) is 109 cm³/mol. The van der Waals surface area contributed by atoms with Crippen molar-refractivity contribution in [2.75, 3.05) is 26.7 Å². The summed E-state index contributed by atoms with van der Waals surface area (Å²) in [5, 5.41) is 6.48. The Hall–Kier alpha value is -1.90. The molecule has 5 nitrogen and oxygen atoms in total. The van der Waals surface area contributed by atoms with Crippen molar-refractivity contribution in [3.05, 3.63) is 60.2 Å². The van der Waals surface area contributed by atoms with Crippen LogP contribution in [-0.4, -0.2) is 37.7 Å². The van der Waals surface area contributed by atoms with Crippen LogP contribution in [0.4, 0.5) is 4.39 Å². The van der Waals surface area contributed by atoms with Gasteiger partial charge in [0.2, 0.25) is 0 Å². The van der Waals surface area contributed by atoms with E-state index >= 15 is 0 Å². The molecule has 0 saturated carbocycles. The maximum atomic E-state index is 12.8. The monoisotopic (exact) mass is 458 g/mol. The van der Waals surface area contributed by atoms with Crippen molar-refractivity contribution in [1.29, 1.82) is 0 Å². The molecule has 0 atom stereocenters. The van der Waals surface area contributed by atoms with Gasteiger partial charge in [-0.2, -0.15) is 0 Å². The number of aromatic nitrogens is 1. The summed E-state index contributed by atoms with van der Waals surface area (Å²) in [6.45, 7) is 2.07. The summed E-state index contributed by atoms with van der Waals surface area (Å²) in [6, 6.07) is 11.9. The van der Waals surface area contributed by atoms with Crippen LogP contribution in [0.25, 0.3) is 0 Å². The number of benzene rings is 1. The third-order valence-corrected chi connectivity index (χ3v) is 3.32. The Balaban J connectivity index is 0.00000312. The molecule has 0 saturated heterocycles. The van der Waals surface area contributed by atoms with Gasteiger partial charge in [0.05, 0.1) is 6.61 Å². The Kier molecular flexibility index (Phi) is 10.5. The van der Waals surface area contributed by atoms with Crippen molar-refractivity contribution >= 4 is 29.9 Å². The van der Waals surface area contributed by atoms with E-state index in [1.165, 1.54) is 12.1 Å². The number of nitrogens with one attached hydrogen (secondary N) is 2. The highest BCUT2D eigenvalue weighted by atomic mass is 127. The molecule has 2 rings (SSSR count). The molecule has 0 fully saturated rings. The van der Waals surface area contributed by atoms with Gasteiger partial charge in [0.25, 0.3) is 0 Å². The first kappa shape index (κ1) is 21.1. The highest BCUT2D eigenvalue weighted by molar-refractivity contribution is 14.0. The number of nitrogens with zero attached hydrogens (tertiary/aromatic N) is 2. The molecule has 2 aromatic rings. The molecule has 0 aliphatic rings. The summed E-state index contributed by atoms with van der Waals surface area (Å²) in [7, 11) is 1.74. The van der Waals surface area contributed by atoms with Crippen LogP contribution in [-0.2, 0) is 6.42 Å². The van der Waals surface area contributed by atoms with Gasteiger partial charge in [0.1, 0.15) is 11.6 Å². The van der Waals surface area contributed by atoms with Crippen molar-refractivity contribution in [1.82, 2.24) is 15.6 Å². The topological polar surface area (TPSA) is 58.5 Å². The first-order chi connectivity index (χ1) is 11.8. The van der Waals surface area contributed by atoms with Crippen LogP contribution in [0, 0.1) is 5.82 Å². The van der Waals surface area contributed by atoms with E-state index in [-0.39, 0.29) is 29.8 Å². The number of pyridine rings is 1. The number of rotatable bonds is 8. The quantitative estimate of drug-likeness (QED) is 0.277. The normalized spacial score (nSPS) is 10.7. The highest BCUT2D eigenvalue weighted by Gasteiger charge is 1.99. The van der Waals surface area contributed by atoms with Gasteiger partial charge in [-0.05, 0) is 42.8 Å². The second-order valence-corrected chi connectivity index (χ2v) is 5.15. The standard InChI is InChI=1S/C18H23FN4O.HI/c1-20-18(23-13-10-16-5-2-3-11-21-16)22-12-4-14-24-17-8-6-15(19)7-9-17;/h2-3,5-9,11H,4,10,12-14H2,1H3,(H2,20,22,23);1H. The fraction of sp³-hybridized carbons (Fsp3) is 0.333. The minimum atomic E-state index is -0.260. The van der Waals surface area contributed by atoms with E-state index in [9.17, 15) is 4.39 Å². The summed E-state index contributed by atoms with van der Waals surface area (Å²) in [5.74, 6) is 1.17. The molecule has 0 bridgehead atoms. The number of ether oxygens (including phenoxy) is 1. The molecule has 0 amide bonds. The summed E-state index contributed by atoms with van der Waals surface area (Å²) >= 11 is 0. The lowest BCUT2D eigenvalue weighted by atomic mass is 10.3. The molecule has 0 spiro atoms. The lowest BCUT2D eigenvalue weighted by Crippen LogP contribution is -2.39. The van der Waals surface area contributed by atoms with Crippen LogP contribution < -0.4 is 15.4 Å². The Labute approximate surface area is 165 Å². The third-order valence-electron chi connectivity index (χ3n) is 3.32. The molecule has 1 aromatic carbocycles. The van der Waals surface area contributed by atoms with Gasteiger partial charge in [-0.25, -0.2) is 4.39 Å². The van der Waals surface area contributed by atoms with Gasteiger partial charge >= 0.3 is 0 Å². The average molecular weight is 458 g/mol. The van der Waals surface area contributed by atoms with Crippen molar-refractivity contribution in [2.45, 2.75) is 12.8 Å². The summed E-state index contributed by atoms with van der Waals surface area (Å²) in [6.07, 6.45) is 3.46. The molecule has 0 aliphatic heterocycles. The molecule has 2 N–H and O–H groups in total. The van der Waals surface area contributed by atoms with Crippen LogP contribution >= 0.6 is 24.0 Å². The zero-order valence-corrected chi connectivity index (χ0v) is 16.6. The van der Waals surface area contributed by atoms with Gasteiger partial charge in [0.15, 0.2) is 5.96 Å². The summed E-state index contributed by atoms with van der Waals surface area (Å²) < 4.78 is 18.3. The summed E-state index contributed by atoms with van der Waals surface area (Å²) in [4.78, 5) is 8.46. The van der Waals surface area contributed by atoms with Crippen molar-refractivity contribution < 1.29 is 9.13 Å². The molecular weight excluding hydrogens is 434 g/mol. The Morgan fingerprint density at radius 2 is 1.88 bits per heavy atom. The Morgan fingerprint density at radius 3 is 2.56 bits per heavy atom. The molecule has 136 valence electrons. The first-order valence-electron chi connectivity index (χ1n) is 8.01. The molecule has 0 aliphatic carbocycles. The van der Waals surface area contributed by atoms with Crippen molar-refractivity contribution in [3.63, 3.8) is 0 Å². The van der Waals surface area contributed by atoms with E-state index in [2.05, 4.69) is 20.6 Å². The molecule has 25 heavy (non-hydrogen) atoms. The van der Waals surface area contributed by atoms with Crippen LogP contribution in [0.5, 0.6) is 5.75 Å². The van der Waals surface area contributed by atoms with E-state index in [1.54, 1.807) is 25.4 Å². The van der Waals surface area contributed by atoms with Gasteiger partial charge in [-0.15, -0.1) is 24.0 Å². The predicted octanol–water partition coefficient (Wildman–Crippen LogP) is 3.02. The zero-order valence-electron chi connectivity index (χ0n) is 14.2. The van der Waals surface area contributed by atoms with E-state index in [0.29, 0.717) is 12.4 Å². The molecule has 1 heterocycles. The second-order valence-electron chi connectivity index (χ2n) is 5.15. The number of halogens is 2. The maximum absolute atomic E-state index is 12.8. The van der Waals surface area contributed by atoms with E-state index in [0.717, 1.165) is 37.6 Å². The largest absolute Gasteiger partial charge is 0.494 e. The number of aliphatic imine (C=N–C) groups is 1. The summed E-state index contributed by atoms with van der Waals surface area (Å²) in [5.41, 5.74) is 1.05. The number of guanidine groups is 1. The molecule has 7 heteroatoms. The zero-order chi connectivity index (χ0) is 17.0. The van der Waals surface area contributed by atoms with Gasteiger partial charge in [0, 0.05) is 38.4 Å². The van der Waals surface area contributed by atoms with Crippen molar-refractivity contribution in [2.24, 2.45) is 4.99 Å². The van der Waals surface area contributed by atoms with E-state index in [4.69, 9.17) is 4.74 Å². The fourth-order valence-electron chi connectivity index (χ4n) is 2.08. The van der Waals surface area contributed by atoms with Crippen LogP contribution in [0.15, 0.2) is 53.7 Å². The average Bonchev–Trinajstić information content (AvgIpc) is 2.62. The maximum Gasteiger partial charge on any atom is 0.190 e. The van der Waals surface area contributed by atoms with Crippen molar-refractivity contribution in [3.8, 4) is 5.75 Å². The highest BCUT2D eigenvalue weighted by Crippen LogP contribution is 2.10. The number of hydrogen-bond donors (Lipinski definition) is 2. The molecular formula is C18H24FIN4O. The van der Waals surface area contributed by atoms with Crippen LogP contribution in [0.3, 0.4) is 0 Å². The minimum Gasteiger partial charge on any atom is -0.494 e. The number of hydrogen-bond acceptors (Lipinski definition) is 3. The van der Waals surface area contributed by atoms with Gasteiger partial charge in [-0.3, -0.25) is 9.98 Å². The second kappa shape index (κ2) is 12.5. The van der Waals surface area contributed by atoms with Gasteiger partial charge in [-0.1, -0.05) is 6.07 Å². The fourth-order valence-corrected chi connectivity index (χ4v) is 2.08.